The first-order valence-electron chi connectivity index (χ1n) is 10.3. The van der Waals surface area contributed by atoms with E-state index in [0.717, 1.165) is 18.5 Å². The molecule has 0 saturated heterocycles. The highest BCUT2D eigenvalue weighted by Crippen LogP contribution is 2.39. The Bertz CT molecular complexity index is 1100. The molecule has 8 nitrogen and oxygen atoms in total. The fourth-order valence-corrected chi connectivity index (χ4v) is 3.31. The summed E-state index contributed by atoms with van der Waals surface area (Å²) in [7, 11) is 0. The van der Waals surface area contributed by atoms with Gasteiger partial charge in [0.1, 0.15) is 11.6 Å². The summed E-state index contributed by atoms with van der Waals surface area (Å²) in [6, 6.07) is 8.14. The molecule has 0 spiro atoms. The maximum Gasteiger partial charge on any atom is 0.217 e. The van der Waals surface area contributed by atoms with Crippen LogP contribution in [-0.4, -0.2) is 32.8 Å². The molecular formula is C22H24F2N6O2. The van der Waals surface area contributed by atoms with E-state index in [2.05, 4.69) is 31.1 Å². The molecule has 0 aliphatic heterocycles. The van der Waals surface area contributed by atoms with Crippen LogP contribution in [-0.2, 0) is 11.3 Å². The SMILES string of the molecule is CC(=O)NCc1cc(F)c(Nc2cc(C3CC3)[nH]n2)nc1NC(CO)c1ccc(F)cc1. The van der Waals surface area contributed by atoms with Gasteiger partial charge in [0.05, 0.1) is 12.6 Å². The molecular weight excluding hydrogens is 418 g/mol. The van der Waals surface area contributed by atoms with Crippen molar-refractivity contribution in [1.29, 1.82) is 0 Å². The highest BCUT2D eigenvalue weighted by molar-refractivity contribution is 5.73. The van der Waals surface area contributed by atoms with Gasteiger partial charge < -0.3 is 21.1 Å². The quantitative estimate of drug-likeness (QED) is 0.347. The van der Waals surface area contributed by atoms with Crippen LogP contribution in [0.15, 0.2) is 36.4 Å². The molecule has 2 aromatic heterocycles. The fraction of sp³-hybridized carbons (Fsp3) is 0.318. The van der Waals surface area contributed by atoms with E-state index in [4.69, 9.17) is 0 Å². The van der Waals surface area contributed by atoms with Gasteiger partial charge in [-0.3, -0.25) is 9.89 Å². The molecule has 1 aliphatic carbocycles. The number of nitrogens with one attached hydrogen (secondary N) is 4. The fourth-order valence-electron chi connectivity index (χ4n) is 3.31. The Kier molecular flexibility index (Phi) is 6.31. The second-order valence-electron chi connectivity index (χ2n) is 7.78. The summed E-state index contributed by atoms with van der Waals surface area (Å²) < 4.78 is 28.1. The number of amides is 1. The van der Waals surface area contributed by atoms with E-state index in [1.54, 1.807) is 12.1 Å². The van der Waals surface area contributed by atoms with Crippen molar-refractivity contribution in [3.8, 4) is 0 Å². The monoisotopic (exact) mass is 442 g/mol. The summed E-state index contributed by atoms with van der Waals surface area (Å²) in [6.07, 6.45) is 2.21. The van der Waals surface area contributed by atoms with Gasteiger partial charge in [0.2, 0.25) is 5.91 Å². The first-order chi connectivity index (χ1) is 15.4. The summed E-state index contributed by atoms with van der Waals surface area (Å²) in [5.41, 5.74) is 2.01. The average molecular weight is 442 g/mol. The van der Waals surface area contributed by atoms with Gasteiger partial charge in [-0.25, -0.2) is 13.8 Å². The van der Waals surface area contributed by atoms with Crippen molar-refractivity contribution < 1.29 is 18.7 Å². The number of anilines is 3. The van der Waals surface area contributed by atoms with Crippen molar-refractivity contribution in [3.63, 3.8) is 0 Å². The smallest absolute Gasteiger partial charge is 0.217 e. The van der Waals surface area contributed by atoms with Crippen LogP contribution in [0, 0.1) is 11.6 Å². The predicted molar refractivity (Wildman–Crippen MR) is 115 cm³/mol. The number of carbonyl (C=O) groups excluding carboxylic acids is 1. The molecule has 1 saturated carbocycles. The van der Waals surface area contributed by atoms with Crippen LogP contribution in [0.1, 0.15) is 48.5 Å². The van der Waals surface area contributed by atoms with Gasteiger partial charge in [-0.15, -0.1) is 0 Å². The summed E-state index contributed by atoms with van der Waals surface area (Å²) in [5.74, 6) is -0.167. The highest BCUT2D eigenvalue weighted by Gasteiger charge is 2.26. The van der Waals surface area contributed by atoms with Crippen LogP contribution in [0.3, 0.4) is 0 Å². The number of pyridine rings is 1. The van der Waals surface area contributed by atoms with E-state index in [1.807, 2.05) is 6.07 Å². The van der Waals surface area contributed by atoms with Gasteiger partial charge in [0.15, 0.2) is 17.5 Å². The second kappa shape index (κ2) is 9.31. The Balaban J connectivity index is 1.62. The van der Waals surface area contributed by atoms with Gasteiger partial charge in [-0.2, -0.15) is 5.10 Å². The Morgan fingerprint density at radius 1 is 1.22 bits per heavy atom. The lowest BCUT2D eigenvalue weighted by molar-refractivity contribution is -0.119. The number of aromatic amines is 1. The van der Waals surface area contributed by atoms with Crippen molar-refractivity contribution in [1.82, 2.24) is 20.5 Å². The number of rotatable bonds is 9. The maximum absolute atomic E-state index is 14.8. The van der Waals surface area contributed by atoms with Crippen LogP contribution in [0.25, 0.3) is 0 Å². The minimum atomic E-state index is -0.621. The molecule has 1 fully saturated rings. The number of H-pyrrole nitrogens is 1. The van der Waals surface area contributed by atoms with Crippen molar-refractivity contribution >= 4 is 23.4 Å². The zero-order chi connectivity index (χ0) is 22.7. The van der Waals surface area contributed by atoms with E-state index < -0.39 is 17.7 Å². The number of hydrogen-bond acceptors (Lipinski definition) is 6. The Labute approximate surface area is 183 Å². The topological polar surface area (TPSA) is 115 Å². The summed E-state index contributed by atoms with van der Waals surface area (Å²) >= 11 is 0. The lowest BCUT2D eigenvalue weighted by atomic mass is 10.1. The number of benzene rings is 1. The molecule has 0 bridgehead atoms. The number of aliphatic hydroxyl groups is 1. The van der Waals surface area contributed by atoms with Crippen molar-refractivity contribution in [2.75, 3.05) is 17.2 Å². The third kappa shape index (κ3) is 5.20. The third-order valence-electron chi connectivity index (χ3n) is 5.21. The largest absolute Gasteiger partial charge is 0.394 e. The number of aliphatic hydroxyl groups excluding tert-OH is 1. The number of carbonyl (C=O) groups is 1. The molecule has 10 heteroatoms. The van der Waals surface area contributed by atoms with Gasteiger partial charge in [0, 0.05) is 36.7 Å². The first-order valence-corrected chi connectivity index (χ1v) is 10.3. The van der Waals surface area contributed by atoms with Crippen LogP contribution >= 0.6 is 0 Å². The van der Waals surface area contributed by atoms with Gasteiger partial charge in [-0.1, -0.05) is 12.1 Å². The molecule has 1 atom stereocenters. The number of nitrogens with zero attached hydrogens (tertiary/aromatic N) is 2. The molecule has 2 heterocycles. The molecule has 1 aliphatic rings. The predicted octanol–water partition coefficient (Wildman–Crippen LogP) is 3.49. The first kappa shape index (κ1) is 21.7. The van der Waals surface area contributed by atoms with Crippen molar-refractivity contribution in [2.45, 2.75) is 38.3 Å². The molecule has 1 amide bonds. The summed E-state index contributed by atoms with van der Waals surface area (Å²) in [4.78, 5) is 15.7. The molecule has 1 unspecified atom stereocenters. The lowest BCUT2D eigenvalue weighted by Gasteiger charge is -2.21. The number of hydrogen-bond donors (Lipinski definition) is 5. The Morgan fingerprint density at radius 3 is 2.62 bits per heavy atom. The van der Waals surface area contributed by atoms with E-state index in [-0.39, 0.29) is 30.7 Å². The highest BCUT2D eigenvalue weighted by atomic mass is 19.1. The van der Waals surface area contributed by atoms with Crippen LogP contribution < -0.4 is 16.0 Å². The minimum absolute atomic E-state index is 0.0394. The summed E-state index contributed by atoms with van der Waals surface area (Å²) in [6.45, 7) is 1.09. The number of aromatic nitrogens is 3. The maximum atomic E-state index is 14.8. The van der Waals surface area contributed by atoms with Crippen molar-refractivity contribution in [2.24, 2.45) is 0 Å². The van der Waals surface area contributed by atoms with Gasteiger partial charge in [-0.05, 0) is 36.6 Å². The molecule has 4 rings (SSSR count). The van der Waals surface area contributed by atoms with E-state index >= 15 is 0 Å². The zero-order valence-electron chi connectivity index (χ0n) is 17.5. The third-order valence-corrected chi connectivity index (χ3v) is 5.21. The lowest BCUT2D eigenvalue weighted by Crippen LogP contribution is -2.22. The molecule has 5 N–H and O–H groups in total. The van der Waals surface area contributed by atoms with Gasteiger partial charge in [0.25, 0.3) is 0 Å². The van der Waals surface area contributed by atoms with Crippen molar-refractivity contribution in [3.05, 3.63) is 64.9 Å². The van der Waals surface area contributed by atoms with Crippen LogP contribution in [0.2, 0.25) is 0 Å². The van der Waals surface area contributed by atoms with E-state index in [1.165, 1.54) is 25.1 Å². The van der Waals surface area contributed by atoms with Gasteiger partial charge >= 0.3 is 0 Å². The molecule has 32 heavy (non-hydrogen) atoms. The zero-order valence-corrected chi connectivity index (χ0v) is 17.5. The Hall–Kier alpha value is -3.53. The van der Waals surface area contributed by atoms with E-state index in [0.29, 0.717) is 22.9 Å². The Morgan fingerprint density at radius 2 is 1.97 bits per heavy atom. The second-order valence-corrected chi connectivity index (χ2v) is 7.78. The molecule has 0 radical (unpaired) electrons. The summed E-state index contributed by atoms with van der Waals surface area (Å²) in [5, 5.41) is 25.6. The standard InChI is InChI=1S/C22H24F2N6O2/c1-12(32)25-10-15-8-17(24)22(27-20-9-18(29-30-20)13-2-3-13)28-21(15)26-19(11-31)14-4-6-16(23)7-5-14/h4-9,13,19,31H,2-3,10-11H2,1H3,(H,25,32)(H3,26,27,28,29,30). The molecule has 3 aromatic rings. The molecule has 1 aromatic carbocycles. The van der Waals surface area contributed by atoms with Crippen LogP contribution in [0.4, 0.5) is 26.2 Å². The van der Waals surface area contributed by atoms with E-state index in [9.17, 15) is 18.7 Å². The van der Waals surface area contributed by atoms with Crippen LogP contribution in [0.5, 0.6) is 0 Å². The number of halogens is 2. The average Bonchev–Trinajstić information content (AvgIpc) is 3.52. The molecule has 168 valence electrons. The normalized spacial score (nSPS) is 14.1. The minimum Gasteiger partial charge on any atom is -0.394 e.